The predicted octanol–water partition coefficient (Wildman–Crippen LogP) is 3.93. The quantitative estimate of drug-likeness (QED) is 0.400. The van der Waals surface area contributed by atoms with Crippen molar-refractivity contribution in [2.75, 3.05) is 13.1 Å². The van der Waals surface area contributed by atoms with E-state index in [9.17, 15) is 9.59 Å². The number of nitrogens with two attached hydrogens (primary N) is 1. The van der Waals surface area contributed by atoms with Gasteiger partial charge in [0.2, 0.25) is 11.8 Å². The number of likely N-dealkylation sites (tertiary alicyclic amines) is 1. The number of primary amides is 1. The van der Waals surface area contributed by atoms with Crippen LogP contribution in [0.1, 0.15) is 25.3 Å². The van der Waals surface area contributed by atoms with E-state index < -0.39 is 5.25 Å². The van der Waals surface area contributed by atoms with Crippen LogP contribution in [-0.4, -0.2) is 54.8 Å². The van der Waals surface area contributed by atoms with Gasteiger partial charge in [-0.05, 0) is 50.5 Å². The molecule has 1 saturated heterocycles. The van der Waals surface area contributed by atoms with E-state index in [0.717, 1.165) is 40.6 Å². The molecule has 3 N–H and O–H groups in total. The Kier molecular flexibility index (Phi) is 6.34. The van der Waals surface area contributed by atoms with Crippen LogP contribution in [-0.2, 0) is 9.59 Å². The van der Waals surface area contributed by atoms with Crippen LogP contribution in [0.3, 0.4) is 0 Å². The van der Waals surface area contributed by atoms with E-state index in [-0.39, 0.29) is 17.7 Å². The number of rotatable bonds is 6. The number of aryl methyl sites for hydroxylation is 1. The van der Waals surface area contributed by atoms with Crippen molar-refractivity contribution in [3.05, 3.63) is 60.3 Å². The fourth-order valence-corrected chi connectivity index (χ4v) is 5.60. The van der Waals surface area contributed by atoms with Crippen LogP contribution in [0, 0.1) is 12.8 Å². The van der Waals surface area contributed by atoms with Crippen molar-refractivity contribution in [3.63, 3.8) is 0 Å². The number of para-hydroxylation sites is 1. The summed E-state index contributed by atoms with van der Waals surface area (Å²) >= 11 is 1.38. The van der Waals surface area contributed by atoms with E-state index in [2.05, 4.69) is 27.3 Å². The molecular formula is C26H28N6O2S. The lowest BCUT2D eigenvalue weighted by atomic mass is 9.97. The van der Waals surface area contributed by atoms with Gasteiger partial charge in [0, 0.05) is 41.4 Å². The number of piperidine rings is 1. The van der Waals surface area contributed by atoms with E-state index in [0.29, 0.717) is 24.1 Å². The molecule has 2 aromatic heterocycles. The Labute approximate surface area is 207 Å². The van der Waals surface area contributed by atoms with E-state index in [1.165, 1.54) is 11.8 Å². The number of nitrogens with zero attached hydrogens (tertiary/aromatic N) is 4. The first-order valence-corrected chi connectivity index (χ1v) is 12.6. The topological polar surface area (TPSA) is 110 Å². The van der Waals surface area contributed by atoms with Crippen LogP contribution < -0.4 is 5.73 Å². The van der Waals surface area contributed by atoms with Crippen LogP contribution in [0.25, 0.3) is 28.0 Å². The number of amides is 2. The molecule has 1 aliphatic heterocycles. The summed E-state index contributed by atoms with van der Waals surface area (Å²) in [5.74, 6) is 0.0649. The molecule has 8 nitrogen and oxygen atoms in total. The van der Waals surface area contributed by atoms with Crippen molar-refractivity contribution >= 4 is 34.5 Å². The van der Waals surface area contributed by atoms with Crippen LogP contribution in [0.4, 0.5) is 0 Å². The average Bonchev–Trinajstić information content (AvgIpc) is 3.47. The Bertz CT molecular complexity index is 1390. The fourth-order valence-electron chi connectivity index (χ4n) is 4.65. The molecule has 3 heterocycles. The molecule has 2 unspecified atom stereocenters. The number of carbonyl (C=O) groups is 2. The van der Waals surface area contributed by atoms with Crippen molar-refractivity contribution in [3.8, 4) is 17.1 Å². The number of hydrogen-bond donors (Lipinski definition) is 2. The highest BCUT2D eigenvalue weighted by molar-refractivity contribution is 8.00. The number of hydrogen-bond acceptors (Lipinski definition) is 5. The van der Waals surface area contributed by atoms with E-state index >= 15 is 0 Å². The summed E-state index contributed by atoms with van der Waals surface area (Å²) in [6.07, 6.45) is 3.46. The number of benzene rings is 2. The molecule has 5 rings (SSSR count). The van der Waals surface area contributed by atoms with Gasteiger partial charge in [-0.2, -0.15) is 0 Å². The van der Waals surface area contributed by atoms with Gasteiger partial charge in [0.15, 0.2) is 11.0 Å². The zero-order chi connectivity index (χ0) is 24.5. The number of thioether (sulfide) groups is 1. The molecule has 9 heteroatoms. The maximum absolute atomic E-state index is 13.3. The lowest BCUT2D eigenvalue weighted by molar-refractivity contribution is -0.134. The Hall–Kier alpha value is -3.59. The molecule has 0 bridgehead atoms. The molecule has 1 fully saturated rings. The highest BCUT2D eigenvalue weighted by atomic mass is 32.2. The molecule has 35 heavy (non-hydrogen) atoms. The zero-order valence-electron chi connectivity index (χ0n) is 19.8. The van der Waals surface area contributed by atoms with Crippen molar-refractivity contribution in [1.82, 2.24) is 24.6 Å². The van der Waals surface area contributed by atoms with Crippen LogP contribution in [0.2, 0.25) is 0 Å². The van der Waals surface area contributed by atoms with Crippen molar-refractivity contribution in [1.29, 1.82) is 0 Å². The van der Waals surface area contributed by atoms with Crippen molar-refractivity contribution in [2.45, 2.75) is 37.1 Å². The fraction of sp³-hybridized carbons (Fsp3) is 0.308. The minimum absolute atomic E-state index is 0.0200. The molecule has 180 valence electrons. The van der Waals surface area contributed by atoms with Crippen LogP contribution >= 0.6 is 11.8 Å². The van der Waals surface area contributed by atoms with Gasteiger partial charge in [-0.1, -0.05) is 42.1 Å². The minimum Gasteiger partial charge on any atom is -0.369 e. The van der Waals surface area contributed by atoms with Crippen molar-refractivity contribution in [2.24, 2.45) is 11.7 Å². The van der Waals surface area contributed by atoms with Gasteiger partial charge in [0.05, 0.1) is 11.2 Å². The van der Waals surface area contributed by atoms with Crippen molar-refractivity contribution < 1.29 is 9.59 Å². The van der Waals surface area contributed by atoms with Crippen LogP contribution in [0.15, 0.2) is 59.9 Å². The molecule has 0 aliphatic carbocycles. The monoisotopic (exact) mass is 488 g/mol. The zero-order valence-corrected chi connectivity index (χ0v) is 20.6. The normalized spacial score (nSPS) is 17.0. The molecule has 0 radical (unpaired) electrons. The number of nitrogens with one attached hydrogen (secondary N) is 1. The third kappa shape index (κ3) is 4.55. The lowest BCUT2D eigenvalue weighted by Gasteiger charge is -2.32. The first kappa shape index (κ1) is 23.2. The van der Waals surface area contributed by atoms with Gasteiger partial charge in [-0.15, -0.1) is 10.2 Å². The summed E-state index contributed by atoms with van der Waals surface area (Å²) in [7, 11) is 0. The SMILES string of the molecule is Cc1cccc(-n2c(SC(C)C(=O)N3CCCC(C(N)=O)C3)nnc2-c2c[nH]c3ccccc23)c1. The lowest BCUT2D eigenvalue weighted by Crippen LogP contribution is -2.46. The molecule has 2 amide bonds. The number of aromatic nitrogens is 4. The summed E-state index contributed by atoms with van der Waals surface area (Å²) in [6.45, 7) is 4.94. The third-order valence-corrected chi connectivity index (χ3v) is 7.52. The number of aromatic amines is 1. The smallest absolute Gasteiger partial charge is 0.235 e. The summed E-state index contributed by atoms with van der Waals surface area (Å²) < 4.78 is 2.01. The van der Waals surface area contributed by atoms with E-state index in [1.807, 2.05) is 61.0 Å². The largest absolute Gasteiger partial charge is 0.369 e. The summed E-state index contributed by atoms with van der Waals surface area (Å²) in [5.41, 5.74) is 9.53. The van der Waals surface area contributed by atoms with Crippen LogP contribution in [0.5, 0.6) is 0 Å². The second kappa shape index (κ2) is 9.58. The molecule has 2 atom stereocenters. The third-order valence-electron chi connectivity index (χ3n) is 6.49. The second-order valence-electron chi connectivity index (χ2n) is 9.01. The van der Waals surface area contributed by atoms with Gasteiger partial charge >= 0.3 is 0 Å². The Morgan fingerprint density at radius 2 is 2.00 bits per heavy atom. The summed E-state index contributed by atoms with van der Waals surface area (Å²) in [4.78, 5) is 30.0. The van der Waals surface area contributed by atoms with Gasteiger partial charge in [0.1, 0.15) is 0 Å². The molecule has 0 saturated carbocycles. The molecule has 4 aromatic rings. The van der Waals surface area contributed by atoms with Gasteiger partial charge < -0.3 is 15.6 Å². The summed E-state index contributed by atoms with van der Waals surface area (Å²) in [5, 5.41) is 10.4. The van der Waals surface area contributed by atoms with Gasteiger partial charge in [-0.3, -0.25) is 14.2 Å². The Morgan fingerprint density at radius 1 is 1.17 bits per heavy atom. The molecular weight excluding hydrogens is 460 g/mol. The number of fused-ring (bicyclic) bond motifs is 1. The first-order valence-electron chi connectivity index (χ1n) is 11.8. The highest BCUT2D eigenvalue weighted by Gasteiger charge is 2.31. The highest BCUT2D eigenvalue weighted by Crippen LogP contribution is 2.34. The number of H-pyrrole nitrogens is 1. The second-order valence-corrected chi connectivity index (χ2v) is 10.3. The van der Waals surface area contributed by atoms with Gasteiger partial charge in [0.25, 0.3) is 0 Å². The molecule has 2 aromatic carbocycles. The maximum Gasteiger partial charge on any atom is 0.235 e. The summed E-state index contributed by atoms with van der Waals surface area (Å²) in [6, 6.07) is 16.2. The predicted molar refractivity (Wildman–Crippen MR) is 137 cm³/mol. The minimum atomic E-state index is -0.398. The molecule has 0 spiro atoms. The maximum atomic E-state index is 13.3. The first-order chi connectivity index (χ1) is 16.9. The van der Waals surface area contributed by atoms with E-state index in [1.54, 1.807) is 4.90 Å². The average molecular weight is 489 g/mol. The standard InChI is InChI=1S/C26H28N6O2S/c1-16-7-5-9-19(13-16)32-24(21-14-28-22-11-4-3-10-20(21)22)29-30-26(32)35-17(2)25(34)31-12-6-8-18(15-31)23(27)33/h3-5,7,9-11,13-14,17-18,28H,6,8,12,15H2,1-2H3,(H2,27,33). The Balaban J connectivity index is 1.50. The van der Waals surface area contributed by atoms with Gasteiger partial charge in [-0.25, -0.2) is 0 Å². The number of carbonyl (C=O) groups excluding carboxylic acids is 2. The Morgan fingerprint density at radius 3 is 2.80 bits per heavy atom. The molecule has 1 aliphatic rings. The van der Waals surface area contributed by atoms with E-state index in [4.69, 9.17) is 5.73 Å².